The molecule has 0 bridgehead atoms. The highest BCUT2D eigenvalue weighted by molar-refractivity contribution is 9.11. The molecule has 3 N–H and O–H groups in total. The first-order valence-corrected chi connectivity index (χ1v) is 13.4. The van der Waals surface area contributed by atoms with Crippen LogP contribution in [0.4, 0.5) is 4.79 Å². The molecule has 3 amide bonds. The van der Waals surface area contributed by atoms with E-state index < -0.39 is 23.9 Å². The third kappa shape index (κ3) is 7.77. The van der Waals surface area contributed by atoms with Crippen molar-refractivity contribution in [2.75, 3.05) is 26.9 Å². The van der Waals surface area contributed by atoms with Gasteiger partial charge in [0.1, 0.15) is 12.4 Å². The number of nitrogens with zero attached hydrogens (tertiary/aromatic N) is 1. The topological polar surface area (TPSA) is 137 Å². The summed E-state index contributed by atoms with van der Waals surface area (Å²) in [6.07, 6.45) is 6.69. The maximum absolute atomic E-state index is 12.6. The number of allylic oxidation sites excluding steroid dienone is 1. The first kappa shape index (κ1) is 30.5. The molecular formula is C27H26Br2N4O7. The molecule has 13 heteroatoms. The lowest BCUT2D eigenvalue weighted by atomic mass is 9.95. The molecule has 0 radical (unpaired) electrons. The molecule has 0 unspecified atom stereocenters. The molecule has 0 aliphatic carbocycles. The molecule has 2 aromatic rings. The van der Waals surface area contributed by atoms with E-state index in [1.165, 1.54) is 13.3 Å². The number of carbonyl (C=O) groups is 3. The Morgan fingerprint density at radius 1 is 1.18 bits per heavy atom. The Balaban J connectivity index is 1.66. The van der Waals surface area contributed by atoms with Crippen molar-refractivity contribution in [3.05, 3.63) is 61.7 Å². The van der Waals surface area contributed by atoms with Gasteiger partial charge in [-0.1, -0.05) is 12.0 Å². The molecule has 0 aromatic heterocycles. The molecule has 40 heavy (non-hydrogen) atoms. The van der Waals surface area contributed by atoms with Crippen molar-refractivity contribution in [3.8, 4) is 29.6 Å². The van der Waals surface area contributed by atoms with Crippen LogP contribution < -0.4 is 30.3 Å². The number of terminal acetylenes is 1. The minimum Gasteiger partial charge on any atom is -0.493 e. The van der Waals surface area contributed by atoms with E-state index in [1.807, 2.05) is 0 Å². The Bertz CT molecular complexity index is 1380. The second-order valence-electron chi connectivity index (χ2n) is 8.09. The maximum Gasteiger partial charge on any atom is 0.338 e. The van der Waals surface area contributed by atoms with E-state index >= 15 is 0 Å². The van der Waals surface area contributed by atoms with Crippen molar-refractivity contribution >= 4 is 56.0 Å². The van der Waals surface area contributed by atoms with Gasteiger partial charge in [0.05, 0.1) is 40.5 Å². The fraction of sp³-hybridized carbons (Fsp3) is 0.259. The van der Waals surface area contributed by atoms with E-state index in [2.05, 4.69) is 58.9 Å². The summed E-state index contributed by atoms with van der Waals surface area (Å²) in [5.41, 5.74) is 4.29. The van der Waals surface area contributed by atoms with E-state index in [-0.39, 0.29) is 31.1 Å². The molecule has 0 fully saturated rings. The van der Waals surface area contributed by atoms with Gasteiger partial charge in [-0.05, 0) is 81.1 Å². The Morgan fingerprint density at radius 2 is 1.90 bits per heavy atom. The quantitative estimate of drug-likeness (QED) is 0.142. The molecule has 0 saturated heterocycles. The fourth-order valence-electron chi connectivity index (χ4n) is 3.67. The van der Waals surface area contributed by atoms with Crippen molar-refractivity contribution in [1.29, 1.82) is 0 Å². The average Bonchev–Trinajstić information content (AvgIpc) is 2.91. The third-order valence-corrected chi connectivity index (χ3v) is 6.55. The molecule has 1 heterocycles. The van der Waals surface area contributed by atoms with Gasteiger partial charge in [0.2, 0.25) is 0 Å². The minimum absolute atomic E-state index is 0.119. The first-order valence-electron chi connectivity index (χ1n) is 11.8. The highest BCUT2D eigenvalue weighted by atomic mass is 79.9. The first-order chi connectivity index (χ1) is 19.2. The average molecular weight is 678 g/mol. The van der Waals surface area contributed by atoms with Crippen LogP contribution in [0.15, 0.2) is 55.6 Å². The van der Waals surface area contributed by atoms with Crippen LogP contribution >= 0.6 is 31.9 Å². The normalized spacial score (nSPS) is 14.6. The standard InChI is InChI=1S/C27H26Br2N4O7/c1-5-9-39-25-18(28)10-16(11-19(25)29)13-30-33-22(34)14-40-20-8-7-17(12-21(20)37-4)24-23(26(35)38-6-2)15(3)31-27(36)32-24/h1,7-8,10-13,24H,6,9,14H2,2-4H3,(H,33,34)(H2,31,32,36)/b30-13-/t24-/m0/s1. The van der Waals surface area contributed by atoms with Crippen molar-refractivity contribution in [1.82, 2.24) is 16.1 Å². The van der Waals surface area contributed by atoms with Crippen LogP contribution in [-0.2, 0) is 14.3 Å². The summed E-state index contributed by atoms with van der Waals surface area (Å²) in [4.78, 5) is 37.0. The number of benzene rings is 2. The third-order valence-electron chi connectivity index (χ3n) is 5.37. The number of carbonyl (C=O) groups excluding carboxylic acids is 3. The second kappa shape index (κ2) is 14.4. The number of methoxy groups -OCH3 is 1. The van der Waals surface area contributed by atoms with Crippen LogP contribution in [0.3, 0.4) is 0 Å². The zero-order valence-electron chi connectivity index (χ0n) is 21.8. The molecule has 2 aromatic carbocycles. The summed E-state index contributed by atoms with van der Waals surface area (Å²) in [6, 6.07) is 7.13. The highest BCUT2D eigenvalue weighted by Gasteiger charge is 2.32. The van der Waals surface area contributed by atoms with Crippen molar-refractivity contribution in [3.63, 3.8) is 0 Å². The van der Waals surface area contributed by atoms with Crippen molar-refractivity contribution in [2.45, 2.75) is 19.9 Å². The number of nitrogens with one attached hydrogen (secondary N) is 3. The lowest BCUT2D eigenvalue weighted by molar-refractivity contribution is -0.139. The zero-order valence-corrected chi connectivity index (χ0v) is 25.0. The predicted molar refractivity (Wildman–Crippen MR) is 154 cm³/mol. The molecule has 1 aliphatic heterocycles. The van der Waals surface area contributed by atoms with E-state index in [9.17, 15) is 14.4 Å². The number of halogens is 2. The largest absolute Gasteiger partial charge is 0.493 e. The maximum atomic E-state index is 12.6. The highest BCUT2D eigenvalue weighted by Crippen LogP contribution is 2.35. The molecular weight excluding hydrogens is 652 g/mol. The summed E-state index contributed by atoms with van der Waals surface area (Å²) < 4.78 is 23.0. The Labute approximate surface area is 247 Å². The molecule has 1 atom stereocenters. The Kier molecular flexibility index (Phi) is 11.0. The fourth-order valence-corrected chi connectivity index (χ4v) is 5.12. The van der Waals surface area contributed by atoms with Gasteiger partial charge in [-0.15, -0.1) is 6.42 Å². The van der Waals surface area contributed by atoms with Gasteiger partial charge in [0.25, 0.3) is 5.91 Å². The number of hydrazone groups is 1. The molecule has 0 saturated carbocycles. The van der Waals surface area contributed by atoms with Crippen LogP contribution in [0.5, 0.6) is 17.2 Å². The van der Waals surface area contributed by atoms with Crippen LogP contribution in [0.25, 0.3) is 0 Å². The number of amides is 3. The van der Waals surface area contributed by atoms with Crippen LogP contribution in [0.2, 0.25) is 0 Å². The number of urea groups is 1. The molecule has 11 nitrogen and oxygen atoms in total. The van der Waals surface area contributed by atoms with E-state index in [4.69, 9.17) is 25.4 Å². The lowest BCUT2D eigenvalue weighted by Gasteiger charge is -2.28. The molecule has 3 rings (SSSR count). The number of esters is 1. The summed E-state index contributed by atoms with van der Waals surface area (Å²) in [6.45, 7) is 3.27. The van der Waals surface area contributed by atoms with Gasteiger partial charge in [0, 0.05) is 5.70 Å². The summed E-state index contributed by atoms with van der Waals surface area (Å²) in [5, 5.41) is 9.26. The number of ether oxygens (including phenoxy) is 4. The van der Waals surface area contributed by atoms with Crippen LogP contribution in [0, 0.1) is 12.3 Å². The molecule has 210 valence electrons. The van der Waals surface area contributed by atoms with Crippen LogP contribution in [-0.4, -0.2) is 51.1 Å². The number of rotatable bonds is 11. The summed E-state index contributed by atoms with van der Waals surface area (Å²) >= 11 is 6.83. The zero-order chi connectivity index (χ0) is 29.2. The predicted octanol–water partition coefficient (Wildman–Crippen LogP) is 3.95. The molecule has 1 aliphatic rings. The van der Waals surface area contributed by atoms with E-state index in [1.54, 1.807) is 44.2 Å². The van der Waals surface area contributed by atoms with Gasteiger partial charge in [0.15, 0.2) is 18.1 Å². The van der Waals surface area contributed by atoms with Gasteiger partial charge >= 0.3 is 12.0 Å². The summed E-state index contributed by atoms with van der Waals surface area (Å²) in [5.74, 6) is 2.46. The van der Waals surface area contributed by atoms with Crippen molar-refractivity contribution in [2.24, 2.45) is 5.10 Å². The molecule has 0 spiro atoms. The minimum atomic E-state index is -0.772. The lowest BCUT2D eigenvalue weighted by Crippen LogP contribution is -2.45. The SMILES string of the molecule is C#CCOc1c(Br)cc(/C=N\NC(=O)COc2ccc([C@@H]3NC(=O)NC(C)=C3C(=O)OCC)cc2OC)cc1Br. The monoisotopic (exact) mass is 676 g/mol. The summed E-state index contributed by atoms with van der Waals surface area (Å²) in [7, 11) is 1.43. The smallest absolute Gasteiger partial charge is 0.338 e. The van der Waals surface area contributed by atoms with Crippen molar-refractivity contribution < 1.29 is 33.3 Å². The Morgan fingerprint density at radius 3 is 2.55 bits per heavy atom. The van der Waals surface area contributed by atoms with Gasteiger partial charge < -0.3 is 29.6 Å². The van der Waals surface area contributed by atoms with Crippen LogP contribution in [0.1, 0.15) is 31.0 Å². The Hall–Kier alpha value is -4.02. The van der Waals surface area contributed by atoms with Gasteiger partial charge in [-0.2, -0.15) is 5.10 Å². The van der Waals surface area contributed by atoms with Gasteiger partial charge in [-0.25, -0.2) is 15.0 Å². The van der Waals surface area contributed by atoms with E-state index in [0.717, 1.165) is 0 Å². The van der Waals surface area contributed by atoms with E-state index in [0.29, 0.717) is 37.3 Å². The second-order valence-corrected chi connectivity index (χ2v) is 9.80. The number of hydrogen-bond donors (Lipinski definition) is 3. The number of hydrogen-bond acceptors (Lipinski definition) is 8. The van der Waals surface area contributed by atoms with Gasteiger partial charge in [-0.3, -0.25) is 4.79 Å².